The van der Waals surface area contributed by atoms with E-state index in [1.165, 1.54) is 22.0 Å². The highest BCUT2D eigenvalue weighted by Gasteiger charge is 2.04. The molecule has 0 saturated heterocycles. The summed E-state index contributed by atoms with van der Waals surface area (Å²) in [6.07, 6.45) is 2.19. The largest absolute Gasteiger partial charge is 0.350 e. The molecule has 0 amide bonds. The Hall–Kier alpha value is -1.54. The normalized spacial score (nSPS) is 10.9. The van der Waals surface area contributed by atoms with Crippen LogP contribution in [0, 0.1) is 0 Å². The smallest absolute Gasteiger partial charge is 0.0481 e. The fraction of sp³-hybridized carbons (Fsp3) is 0.286. The van der Waals surface area contributed by atoms with Crippen molar-refractivity contribution in [1.82, 2.24) is 9.88 Å². The zero-order valence-corrected chi connectivity index (χ0v) is 9.96. The Morgan fingerprint density at radius 2 is 2.12 bits per heavy atom. The quantitative estimate of drug-likeness (QED) is 0.774. The van der Waals surface area contributed by atoms with Crippen molar-refractivity contribution < 1.29 is 0 Å². The molecule has 1 N–H and O–H groups in total. The number of rotatable bonds is 4. The molecule has 16 heavy (non-hydrogen) atoms. The lowest BCUT2D eigenvalue weighted by Crippen LogP contribution is -2.14. The molecule has 2 heteroatoms. The maximum Gasteiger partial charge on any atom is 0.0481 e. The van der Waals surface area contributed by atoms with Crippen molar-refractivity contribution in [2.45, 2.75) is 13.5 Å². The Balaban J connectivity index is 2.21. The van der Waals surface area contributed by atoms with Crippen molar-refractivity contribution in [1.29, 1.82) is 0 Å². The first-order chi connectivity index (χ1) is 7.68. The van der Waals surface area contributed by atoms with Gasteiger partial charge in [-0.25, -0.2) is 0 Å². The van der Waals surface area contributed by atoms with Gasteiger partial charge < -0.3 is 9.88 Å². The molecule has 0 fully saturated rings. The molecule has 2 nitrogen and oxygen atoms in total. The maximum absolute atomic E-state index is 3.89. The lowest BCUT2D eigenvalue weighted by atomic mass is 10.2. The minimum atomic E-state index is 0.878. The molecule has 0 aliphatic carbocycles. The summed E-state index contributed by atoms with van der Waals surface area (Å²) in [6.45, 7) is 7.70. The third-order valence-electron chi connectivity index (χ3n) is 2.72. The monoisotopic (exact) mass is 214 g/mol. The van der Waals surface area contributed by atoms with Gasteiger partial charge in [0.15, 0.2) is 0 Å². The summed E-state index contributed by atoms with van der Waals surface area (Å²) in [6, 6.07) is 8.49. The lowest BCUT2D eigenvalue weighted by molar-refractivity contribution is 0.741. The molecule has 1 aromatic heterocycles. The first-order valence-corrected chi connectivity index (χ1v) is 5.56. The molecule has 1 aromatic carbocycles. The zero-order valence-electron chi connectivity index (χ0n) is 9.96. The maximum atomic E-state index is 3.89. The van der Waals surface area contributed by atoms with Crippen LogP contribution in [0.25, 0.3) is 10.9 Å². The second kappa shape index (κ2) is 4.54. The molecule has 1 heterocycles. The Bertz CT molecular complexity index is 508. The fourth-order valence-electron chi connectivity index (χ4n) is 1.98. The second-order valence-corrected chi connectivity index (χ2v) is 4.34. The molecule has 0 radical (unpaired) electrons. The molecule has 84 valence electrons. The summed E-state index contributed by atoms with van der Waals surface area (Å²) < 4.78 is 2.17. The van der Waals surface area contributed by atoms with E-state index in [9.17, 15) is 0 Å². The molecular formula is C14H18N2. The number of para-hydroxylation sites is 1. The van der Waals surface area contributed by atoms with Gasteiger partial charge in [0.1, 0.15) is 0 Å². The zero-order chi connectivity index (χ0) is 11.5. The molecule has 0 aliphatic heterocycles. The standard InChI is InChI=1S/C14H18N2/c1-11(2)8-15-9-12-10-16(3)14-7-5-4-6-13(12)14/h4-7,10,15H,1,8-9H2,2-3H3. The van der Waals surface area contributed by atoms with Crippen molar-refractivity contribution in [3.63, 3.8) is 0 Å². The van der Waals surface area contributed by atoms with Crippen LogP contribution in [0.3, 0.4) is 0 Å². The predicted molar refractivity (Wildman–Crippen MR) is 69.4 cm³/mol. The van der Waals surface area contributed by atoms with E-state index < -0.39 is 0 Å². The van der Waals surface area contributed by atoms with Crippen LogP contribution in [0.4, 0.5) is 0 Å². The van der Waals surface area contributed by atoms with Gasteiger partial charge in [-0.2, -0.15) is 0 Å². The molecule has 0 bridgehead atoms. The Labute approximate surface area is 96.6 Å². The average Bonchev–Trinajstić information content (AvgIpc) is 2.57. The van der Waals surface area contributed by atoms with Crippen molar-refractivity contribution in [3.8, 4) is 0 Å². The number of nitrogens with zero attached hydrogens (tertiary/aromatic N) is 1. The molecule has 2 rings (SSSR count). The van der Waals surface area contributed by atoms with Gasteiger partial charge in [0.2, 0.25) is 0 Å². The molecule has 0 atom stereocenters. The van der Waals surface area contributed by atoms with Crippen molar-refractivity contribution in [2.24, 2.45) is 7.05 Å². The minimum absolute atomic E-state index is 0.878. The third-order valence-corrected chi connectivity index (χ3v) is 2.72. The summed E-state index contributed by atoms with van der Waals surface area (Å²) in [5.41, 5.74) is 3.80. The number of aromatic nitrogens is 1. The van der Waals surface area contributed by atoms with E-state index in [1.54, 1.807) is 0 Å². The van der Waals surface area contributed by atoms with Crippen molar-refractivity contribution >= 4 is 10.9 Å². The van der Waals surface area contributed by atoms with Crippen LogP contribution in [-0.4, -0.2) is 11.1 Å². The SMILES string of the molecule is C=C(C)CNCc1cn(C)c2ccccc12. The number of benzene rings is 1. The number of hydrogen-bond acceptors (Lipinski definition) is 1. The Kier molecular flexibility index (Phi) is 3.11. The molecule has 0 unspecified atom stereocenters. The third kappa shape index (κ3) is 2.17. The van der Waals surface area contributed by atoms with Gasteiger partial charge in [-0.15, -0.1) is 0 Å². The van der Waals surface area contributed by atoms with E-state index in [0.29, 0.717) is 0 Å². The van der Waals surface area contributed by atoms with E-state index in [0.717, 1.165) is 13.1 Å². The van der Waals surface area contributed by atoms with E-state index in [4.69, 9.17) is 0 Å². The fourth-order valence-corrected chi connectivity index (χ4v) is 1.98. The first-order valence-electron chi connectivity index (χ1n) is 5.56. The molecule has 0 spiro atoms. The van der Waals surface area contributed by atoms with Gasteiger partial charge in [0, 0.05) is 37.2 Å². The number of aryl methyl sites for hydroxylation is 1. The van der Waals surface area contributed by atoms with E-state index in [1.807, 2.05) is 6.92 Å². The Morgan fingerprint density at radius 1 is 1.38 bits per heavy atom. The van der Waals surface area contributed by atoms with Gasteiger partial charge >= 0.3 is 0 Å². The van der Waals surface area contributed by atoms with Gasteiger partial charge in [-0.1, -0.05) is 30.4 Å². The topological polar surface area (TPSA) is 17.0 Å². The summed E-state index contributed by atoms with van der Waals surface area (Å²) in [5, 5.41) is 4.73. The van der Waals surface area contributed by atoms with E-state index in [2.05, 4.69) is 54.0 Å². The molecule has 0 saturated carbocycles. The van der Waals surface area contributed by atoms with Crippen LogP contribution in [-0.2, 0) is 13.6 Å². The number of fused-ring (bicyclic) bond motifs is 1. The van der Waals surface area contributed by atoms with E-state index >= 15 is 0 Å². The number of nitrogens with one attached hydrogen (secondary N) is 1. The predicted octanol–water partition coefficient (Wildman–Crippen LogP) is 2.84. The second-order valence-electron chi connectivity index (χ2n) is 4.34. The van der Waals surface area contributed by atoms with Crippen LogP contribution >= 0.6 is 0 Å². The van der Waals surface area contributed by atoms with Gasteiger partial charge in [-0.3, -0.25) is 0 Å². The van der Waals surface area contributed by atoms with Crippen molar-refractivity contribution in [2.75, 3.05) is 6.54 Å². The summed E-state index contributed by atoms with van der Waals surface area (Å²) >= 11 is 0. The highest BCUT2D eigenvalue weighted by Crippen LogP contribution is 2.19. The Morgan fingerprint density at radius 3 is 2.88 bits per heavy atom. The first kappa shape index (κ1) is 11.0. The summed E-state index contributed by atoms with van der Waals surface area (Å²) in [5.74, 6) is 0. The highest BCUT2D eigenvalue weighted by atomic mass is 14.9. The average molecular weight is 214 g/mol. The van der Waals surface area contributed by atoms with Gasteiger partial charge in [0.05, 0.1) is 0 Å². The van der Waals surface area contributed by atoms with Crippen LogP contribution in [0.15, 0.2) is 42.6 Å². The van der Waals surface area contributed by atoms with Crippen LogP contribution in [0.2, 0.25) is 0 Å². The summed E-state index contributed by atoms with van der Waals surface area (Å²) in [4.78, 5) is 0. The minimum Gasteiger partial charge on any atom is -0.350 e. The van der Waals surface area contributed by atoms with Crippen LogP contribution in [0.5, 0.6) is 0 Å². The molecule has 0 aliphatic rings. The summed E-state index contributed by atoms with van der Waals surface area (Å²) in [7, 11) is 2.09. The van der Waals surface area contributed by atoms with Crippen LogP contribution in [0.1, 0.15) is 12.5 Å². The lowest BCUT2D eigenvalue weighted by Gasteiger charge is -2.02. The highest BCUT2D eigenvalue weighted by molar-refractivity contribution is 5.83. The van der Waals surface area contributed by atoms with Gasteiger partial charge in [-0.05, 0) is 18.6 Å². The van der Waals surface area contributed by atoms with E-state index in [-0.39, 0.29) is 0 Å². The van der Waals surface area contributed by atoms with Gasteiger partial charge in [0.25, 0.3) is 0 Å². The molecule has 2 aromatic rings. The molecular weight excluding hydrogens is 196 g/mol. The van der Waals surface area contributed by atoms with Crippen molar-refractivity contribution in [3.05, 3.63) is 48.2 Å². The number of hydrogen-bond donors (Lipinski definition) is 1. The van der Waals surface area contributed by atoms with Crippen LogP contribution < -0.4 is 5.32 Å².